The van der Waals surface area contributed by atoms with Crippen LogP contribution in [0.4, 0.5) is 0 Å². The molecule has 0 spiro atoms. The van der Waals surface area contributed by atoms with Crippen molar-refractivity contribution in [2.24, 2.45) is 11.8 Å². The highest BCUT2D eigenvalue weighted by Crippen LogP contribution is 2.45. The van der Waals surface area contributed by atoms with E-state index in [2.05, 4.69) is 41.5 Å². The van der Waals surface area contributed by atoms with E-state index in [1.54, 1.807) is 0 Å². The molecule has 0 rings (SSSR count). The third-order valence-corrected chi connectivity index (χ3v) is 19.2. The van der Waals surface area contributed by atoms with E-state index < -0.39 is 97.5 Å². The van der Waals surface area contributed by atoms with Crippen LogP contribution in [0.5, 0.6) is 0 Å². The van der Waals surface area contributed by atoms with Crippen molar-refractivity contribution >= 4 is 39.5 Å². The summed E-state index contributed by atoms with van der Waals surface area (Å²) in [7, 11) is -9.90. The molecule has 92 heavy (non-hydrogen) atoms. The third-order valence-electron chi connectivity index (χ3n) is 17.3. The fourth-order valence-electron chi connectivity index (χ4n) is 11.1. The van der Waals surface area contributed by atoms with Gasteiger partial charge in [-0.05, 0) is 37.5 Å². The lowest BCUT2D eigenvalue weighted by Gasteiger charge is -2.21. The van der Waals surface area contributed by atoms with Crippen LogP contribution in [0.1, 0.15) is 375 Å². The molecule has 0 fully saturated rings. The quantitative estimate of drug-likeness (QED) is 0.0222. The van der Waals surface area contributed by atoms with E-state index in [0.717, 1.165) is 102 Å². The van der Waals surface area contributed by atoms with E-state index in [9.17, 15) is 43.2 Å². The van der Waals surface area contributed by atoms with Gasteiger partial charge < -0.3 is 33.8 Å². The standard InChI is InChI=1S/C73H142O17P2/c1-7-10-12-14-16-18-24-33-39-45-51-57-72(77)89-68(61-83-70(75)55-49-43-37-29-17-15-13-11-8-2)63-87-91(79,80)85-59-67(74)60-86-92(81,82)88-64-69(62-84-71(76)56-50-44-38-32-28-27-31-36-42-48-54-66(6)9-3)90-73(78)58-52-46-40-34-26-23-21-19-20-22-25-30-35-41-47-53-65(4)5/h65-69,74H,7-64H2,1-6H3,(H,79,80)(H,81,82)/t66?,67-,68+,69+/m0/s1. The van der Waals surface area contributed by atoms with Gasteiger partial charge in [0.2, 0.25) is 0 Å². The zero-order valence-corrected chi connectivity index (χ0v) is 61.6. The van der Waals surface area contributed by atoms with Gasteiger partial charge in [-0.3, -0.25) is 37.3 Å². The summed E-state index contributed by atoms with van der Waals surface area (Å²) in [4.78, 5) is 72.6. The molecule has 19 heteroatoms. The minimum absolute atomic E-state index is 0.107. The molecule has 0 aliphatic carbocycles. The van der Waals surface area contributed by atoms with Crippen molar-refractivity contribution in [2.45, 2.75) is 394 Å². The first kappa shape index (κ1) is 90.1. The van der Waals surface area contributed by atoms with E-state index in [-0.39, 0.29) is 25.7 Å². The molecule has 546 valence electrons. The fourth-order valence-corrected chi connectivity index (χ4v) is 12.7. The molecule has 3 N–H and O–H groups in total. The SMILES string of the molecule is CCCCCCCCCCCCCC(=O)O[C@H](COC(=O)CCCCCCCCCCC)COP(=O)(O)OC[C@H](O)COP(=O)(O)OC[C@@H](COC(=O)CCCCCCCCCCCCC(C)CC)OC(=O)CCCCCCCCCCCCCCCCCC(C)C. The largest absolute Gasteiger partial charge is 0.472 e. The van der Waals surface area contributed by atoms with Gasteiger partial charge >= 0.3 is 39.5 Å². The van der Waals surface area contributed by atoms with Crippen molar-refractivity contribution in [2.75, 3.05) is 39.6 Å². The number of carbonyl (C=O) groups is 4. The first-order valence-electron chi connectivity index (χ1n) is 38.0. The maximum atomic E-state index is 13.1. The topological polar surface area (TPSA) is 237 Å². The highest BCUT2D eigenvalue weighted by atomic mass is 31.2. The van der Waals surface area contributed by atoms with E-state index in [1.807, 2.05) is 0 Å². The van der Waals surface area contributed by atoms with E-state index >= 15 is 0 Å². The van der Waals surface area contributed by atoms with Crippen LogP contribution >= 0.6 is 15.6 Å². The zero-order valence-electron chi connectivity index (χ0n) is 59.9. The van der Waals surface area contributed by atoms with Crippen molar-refractivity contribution in [3.63, 3.8) is 0 Å². The van der Waals surface area contributed by atoms with Gasteiger partial charge in [-0.15, -0.1) is 0 Å². The Morgan fingerprint density at radius 3 is 0.826 bits per heavy atom. The Hall–Kier alpha value is -1.94. The number of phosphoric acid groups is 2. The fraction of sp³-hybridized carbons (Fsp3) is 0.945. The number of hydrogen-bond donors (Lipinski definition) is 3. The number of carbonyl (C=O) groups excluding carboxylic acids is 4. The molecule has 0 aromatic carbocycles. The monoisotopic (exact) mass is 1350 g/mol. The number of phosphoric ester groups is 2. The molecule has 0 amide bonds. The first-order valence-corrected chi connectivity index (χ1v) is 41.0. The summed E-state index contributed by atoms with van der Waals surface area (Å²) in [6.07, 6.45) is 51.2. The normalized spacial score (nSPS) is 14.4. The first-order chi connectivity index (χ1) is 44.4. The Balaban J connectivity index is 5.23. The maximum Gasteiger partial charge on any atom is 0.472 e. The predicted octanol–water partition coefficient (Wildman–Crippen LogP) is 21.2. The van der Waals surface area contributed by atoms with Gasteiger partial charge in [-0.1, -0.05) is 324 Å². The summed E-state index contributed by atoms with van der Waals surface area (Å²) in [5, 5.41) is 10.6. The summed E-state index contributed by atoms with van der Waals surface area (Å²) in [6, 6.07) is 0. The van der Waals surface area contributed by atoms with E-state index in [0.29, 0.717) is 25.7 Å². The molecule has 6 atom stereocenters. The van der Waals surface area contributed by atoms with Crippen molar-refractivity contribution in [3.05, 3.63) is 0 Å². The molecule has 3 unspecified atom stereocenters. The Kier molecular flexibility index (Phi) is 63.7. The van der Waals surface area contributed by atoms with Gasteiger partial charge in [0.05, 0.1) is 26.4 Å². The second-order valence-electron chi connectivity index (χ2n) is 27.1. The van der Waals surface area contributed by atoms with Crippen molar-refractivity contribution in [1.82, 2.24) is 0 Å². The molecular weight excluding hydrogens is 1210 g/mol. The van der Waals surface area contributed by atoms with Crippen LogP contribution in [0, 0.1) is 11.8 Å². The summed E-state index contributed by atoms with van der Waals surface area (Å²) in [6.45, 7) is 9.61. The summed E-state index contributed by atoms with van der Waals surface area (Å²) in [5.74, 6) is -0.508. The Morgan fingerprint density at radius 1 is 0.315 bits per heavy atom. The number of aliphatic hydroxyl groups excluding tert-OH is 1. The van der Waals surface area contributed by atoms with E-state index in [4.69, 9.17) is 37.0 Å². The third kappa shape index (κ3) is 65.4. The van der Waals surface area contributed by atoms with Crippen molar-refractivity contribution < 1.29 is 80.2 Å². The predicted molar refractivity (Wildman–Crippen MR) is 372 cm³/mol. The van der Waals surface area contributed by atoms with Crippen molar-refractivity contribution in [1.29, 1.82) is 0 Å². The van der Waals surface area contributed by atoms with Crippen LogP contribution in [0.25, 0.3) is 0 Å². The van der Waals surface area contributed by atoms with Gasteiger partial charge in [-0.25, -0.2) is 9.13 Å². The second kappa shape index (κ2) is 65.0. The molecule has 17 nitrogen and oxygen atoms in total. The van der Waals surface area contributed by atoms with Gasteiger partial charge in [0.15, 0.2) is 12.2 Å². The van der Waals surface area contributed by atoms with Crippen molar-refractivity contribution in [3.8, 4) is 0 Å². The second-order valence-corrected chi connectivity index (χ2v) is 30.0. The molecule has 0 bridgehead atoms. The highest BCUT2D eigenvalue weighted by Gasteiger charge is 2.30. The van der Waals surface area contributed by atoms with Gasteiger partial charge in [0, 0.05) is 25.7 Å². The molecule has 0 aromatic rings. The number of aliphatic hydroxyl groups is 1. The van der Waals surface area contributed by atoms with Gasteiger partial charge in [-0.2, -0.15) is 0 Å². The number of rotatable bonds is 72. The average molecular weight is 1350 g/mol. The van der Waals surface area contributed by atoms with Gasteiger partial charge in [0.25, 0.3) is 0 Å². The van der Waals surface area contributed by atoms with Crippen LogP contribution in [0.2, 0.25) is 0 Å². The molecule has 0 aliphatic rings. The Morgan fingerprint density at radius 2 is 0.554 bits per heavy atom. The molecular formula is C73H142O17P2. The molecule has 0 aromatic heterocycles. The van der Waals surface area contributed by atoms with E-state index in [1.165, 1.54) is 193 Å². The minimum atomic E-state index is -4.95. The molecule has 0 heterocycles. The molecule has 0 radical (unpaired) electrons. The molecule has 0 saturated heterocycles. The average Bonchev–Trinajstić information content (AvgIpc) is 2.52. The van der Waals surface area contributed by atoms with Crippen LogP contribution in [-0.2, 0) is 65.4 Å². The number of ether oxygens (including phenoxy) is 4. The summed E-state index contributed by atoms with van der Waals surface area (Å²) in [5.41, 5.74) is 0. The van der Waals surface area contributed by atoms with Gasteiger partial charge in [0.1, 0.15) is 19.3 Å². The Bertz CT molecular complexity index is 1790. The zero-order chi connectivity index (χ0) is 67.9. The molecule has 0 aliphatic heterocycles. The highest BCUT2D eigenvalue weighted by molar-refractivity contribution is 7.47. The lowest BCUT2D eigenvalue weighted by atomic mass is 9.99. The van der Waals surface area contributed by atoms with Crippen LogP contribution < -0.4 is 0 Å². The molecule has 0 saturated carbocycles. The van der Waals surface area contributed by atoms with Crippen LogP contribution in [0.3, 0.4) is 0 Å². The van der Waals surface area contributed by atoms with Crippen LogP contribution in [0.15, 0.2) is 0 Å². The summed E-state index contributed by atoms with van der Waals surface area (Å²) >= 11 is 0. The minimum Gasteiger partial charge on any atom is -0.462 e. The summed E-state index contributed by atoms with van der Waals surface area (Å²) < 4.78 is 68.4. The van der Waals surface area contributed by atoms with Crippen LogP contribution in [-0.4, -0.2) is 96.7 Å². The number of unbranched alkanes of at least 4 members (excludes halogenated alkanes) is 41. The number of esters is 4. The smallest absolute Gasteiger partial charge is 0.462 e. The lowest BCUT2D eigenvalue weighted by molar-refractivity contribution is -0.161. The Labute approximate surface area is 562 Å². The number of hydrogen-bond acceptors (Lipinski definition) is 15. The lowest BCUT2D eigenvalue weighted by Crippen LogP contribution is -2.30. The maximum absolute atomic E-state index is 13.1.